The van der Waals surface area contributed by atoms with E-state index in [1.54, 1.807) is 0 Å². The molecule has 0 bridgehead atoms. The van der Waals surface area contributed by atoms with Crippen LogP contribution in [0.3, 0.4) is 0 Å². The molecule has 3 nitrogen and oxygen atoms in total. The Morgan fingerprint density at radius 1 is 1.39 bits per heavy atom. The summed E-state index contributed by atoms with van der Waals surface area (Å²) in [5, 5.41) is 13.1. The lowest BCUT2D eigenvalue weighted by atomic mass is 9.86. The fourth-order valence-electron chi connectivity index (χ4n) is 2.93. The lowest BCUT2D eigenvalue weighted by molar-refractivity contribution is 0.0934. The molecule has 1 rings (SSSR count). The first-order chi connectivity index (χ1) is 8.56. The smallest absolute Gasteiger partial charge is 0.0589 e. The third-order valence-corrected chi connectivity index (χ3v) is 4.60. The van der Waals surface area contributed by atoms with E-state index in [0.29, 0.717) is 24.0 Å². The first-order valence-corrected chi connectivity index (χ1v) is 7.62. The molecular weight excluding hydrogens is 224 g/mol. The van der Waals surface area contributed by atoms with Gasteiger partial charge in [-0.1, -0.05) is 27.7 Å². The predicted octanol–water partition coefficient (Wildman–Crippen LogP) is 2.11. The van der Waals surface area contributed by atoms with E-state index < -0.39 is 0 Å². The lowest BCUT2D eigenvalue weighted by Gasteiger charge is -2.36. The standard InChI is InChI=1S/C15H32N2O/c1-5-8-16-11-15(4,6-2)12-17-9-7-13(3)14(17)10-18/h13-14,16,18H,5-12H2,1-4H3. The molecule has 1 aliphatic heterocycles. The first kappa shape index (κ1) is 15.9. The van der Waals surface area contributed by atoms with Crippen molar-refractivity contribution in [3.63, 3.8) is 0 Å². The van der Waals surface area contributed by atoms with Crippen molar-refractivity contribution in [2.75, 3.05) is 32.8 Å². The third-order valence-electron chi connectivity index (χ3n) is 4.60. The van der Waals surface area contributed by atoms with Crippen LogP contribution in [-0.4, -0.2) is 48.8 Å². The maximum Gasteiger partial charge on any atom is 0.0589 e. The summed E-state index contributed by atoms with van der Waals surface area (Å²) in [6, 6.07) is 0.377. The van der Waals surface area contributed by atoms with Gasteiger partial charge in [-0.2, -0.15) is 0 Å². The summed E-state index contributed by atoms with van der Waals surface area (Å²) in [5.41, 5.74) is 0.326. The van der Waals surface area contributed by atoms with Gasteiger partial charge in [0, 0.05) is 19.1 Å². The molecule has 0 radical (unpaired) electrons. The van der Waals surface area contributed by atoms with Gasteiger partial charge in [0.1, 0.15) is 0 Å². The van der Waals surface area contributed by atoms with Crippen molar-refractivity contribution in [1.82, 2.24) is 10.2 Å². The van der Waals surface area contributed by atoms with Gasteiger partial charge in [-0.05, 0) is 43.7 Å². The Kier molecular flexibility index (Phi) is 6.61. The summed E-state index contributed by atoms with van der Waals surface area (Å²) >= 11 is 0. The molecule has 0 aromatic heterocycles. The summed E-state index contributed by atoms with van der Waals surface area (Å²) in [6.07, 6.45) is 3.61. The van der Waals surface area contributed by atoms with Crippen molar-refractivity contribution in [2.45, 2.75) is 53.0 Å². The summed E-state index contributed by atoms with van der Waals surface area (Å²) in [6.45, 7) is 13.9. The Morgan fingerprint density at radius 2 is 2.11 bits per heavy atom. The second-order valence-corrected chi connectivity index (χ2v) is 6.33. The SMILES string of the molecule is CCCNCC(C)(CC)CN1CCC(C)C1CO. The second-order valence-electron chi connectivity index (χ2n) is 6.33. The van der Waals surface area contributed by atoms with Crippen molar-refractivity contribution in [3.05, 3.63) is 0 Å². The van der Waals surface area contributed by atoms with Crippen LogP contribution in [0.1, 0.15) is 47.0 Å². The molecule has 1 aliphatic rings. The molecule has 0 aromatic rings. The zero-order valence-electron chi connectivity index (χ0n) is 12.7. The Balaban J connectivity index is 2.50. The van der Waals surface area contributed by atoms with Crippen LogP contribution >= 0.6 is 0 Å². The van der Waals surface area contributed by atoms with Crippen LogP contribution in [0.15, 0.2) is 0 Å². The van der Waals surface area contributed by atoms with E-state index in [1.165, 1.54) is 19.3 Å². The van der Waals surface area contributed by atoms with Gasteiger partial charge < -0.3 is 10.4 Å². The molecular formula is C15H32N2O. The molecule has 0 aliphatic carbocycles. The zero-order valence-corrected chi connectivity index (χ0v) is 12.7. The van der Waals surface area contributed by atoms with Crippen molar-refractivity contribution in [2.24, 2.45) is 11.3 Å². The number of nitrogens with zero attached hydrogens (tertiary/aromatic N) is 1. The molecule has 0 aromatic carbocycles. The van der Waals surface area contributed by atoms with Gasteiger partial charge in [-0.25, -0.2) is 0 Å². The molecule has 0 spiro atoms. The summed E-state index contributed by atoms with van der Waals surface area (Å²) in [5.74, 6) is 0.639. The Bertz CT molecular complexity index is 235. The number of aliphatic hydroxyl groups is 1. The zero-order chi connectivity index (χ0) is 13.6. The van der Waals surface area contributed by atoms with Gasteiger partial charge in [0.2, 0.25) is 0 Å². The number of likely N-dealkylation sites (tertiary alicyclic amines) is 1. The maximum atomic E-state index is 9.53. The molecule has 0 saturated carbocycles. The van der Waals surface area contributed by atoms with E-state index in [9.17, 15) is 5.11 Å². The highest BCUT2D eigenvalue weighted by Crippen LogP contribution is 2.29. The molecule has 18 heavy (non-hydrogen) atoms. The minimum Gasteiger partial charge on any atom is -0.395 e. The fraction of sp³-hybridized carbons (Fsp3) is 1.00. The predicted molar refractivity (Wildman–Crippen MR) is 77.8 cm³/mol. The van der Waals surface area contributed by atoms with Gasteiger partial charge in [0.05, 0.1) is 6.61 Å². The maximum absolute atomic E-state index is 9.53. The third kappa shape index (κ3) is 4.22. The first-order valence-electron chi connectivity index (χ1n) is 7.62. The summed E-state index contributed by atoms with van der Waals surface area (Å²) in [7, 11) is 0. The van der Waals surface area contributed by atoms with Crippen LogP contribution < -0.4 is 5.32 Å². The Morgan fingerprint density at radius 3 is 2.67 bits per heavy atom. The Labute approximate surface area is 113 Å². The second kappa shape index (κ2) is 7.46. The van der Waals surface area contributed by atoms with E-state index in [-0.39, 0.29) is 0 Å². The minimum atomic E-state index is 0.309. The summed E-state index contributed by atoms with van der Waals surface area (Å²) < 4.78 is 0. The van der Waals surface area contributed by atoms with E-state index in [1.807, 2.05) is 0 Å². The quantitative estimate of drug-likeness (QED) is 0.653. The van der Waals surface area contributed by atoms with Gasteiger partial charge in [0.25, 0.3) is 0 Å². The number of nitrogens with one attached hydrogen (secondary N) is 1. The molecule has 3 heteroatoms. The number of hydrogen-bond donors (Lipinski definition) is 2. The molecule has 3 unspecified atom stereocenters. The van der Waals surface area contributed by atoms with Gasteiger partial charge in [-0.3, -0.25) is 4.90 Å². The number of rotatable bonds is 8. The van der Waals surface area contributed by atoms with E-state index in [2.05, 4.69) is 37.9 Å². The molecule has 2 N–H and O–H groups in total. The van der Waals surface area contributed by atoms with Gasteiger partial charge >= 0.3 is 0 Å². The fourth-order valence-corrected chi connectivity index (χ4v) is 2.93. The van der Waals surface area contributed by atoms with Crippen molar-refractivity contribution < 1.29 is 5.11 Å². The monoisotopic (exact) mass is 256 g/mol. The minimum absolute atomic E-state index is 0.309. The average molecular weight is 256 g/mol. The topological polar surface area (TPSA) is 35.5 Å². The number of aliphatic hydroxyl groups excluding tert-OH is 1. The largest absolute Gasteiger partial charge is 0.395 e. The van der Waals surface area contributed by atoms with Crippen molar-refractivity contribution in [1.29, 1.82) is 0 Å². The van der Waals surface area contributed by atoms with Crippen LogP contribution in [0.5, 0.6) is 0 Å². The van der Waals surface area contributed by atoms with Gasteiger partial charge in [0.15, 0.2) is 0 Å². The average Bonchev–Trinajstić information content (AvgIpc) is 2.70. The van der Waals surface area contributed by atoms with Crippen LogP contribution in [0.2, 0.25) is 0 Å². The highest BCUT2D eigenvalue weighted by Gasteiger charge is 2.34. The molecule has 1 heterocycles. The molecule has 3 atom stereocenters. The Hall–Kier alpha value is -0.120. The van der Waals surface area contributed by atoms with Crippen LogP contribution in [0.4, 0.5) is 0 Å². The highest BCUT2D eigenvalue weighted by atomic mass is 16.3. The molecule has 1 fully saturated rings. The van der Waals surface area contributed by atoms with E-state index >= 15 is 0 Å². The lowest BCUT2D eigenvalue weighted by Crippen LogP contribution is -2.45. The van der Waals surface area contributed by atoms with Gasteiger partial charge in [-0.15, -0.1) is 0 Å². The molecule has 1 saturated heterocycles. The summed E-state index contributed by atoms with van der Waals surface area (Å²) in [4.78, 5) is 2.50. The van der Waals surface area contributed by atoms with Crippen LogP contribution in [0.25, 0.3) is 0 Å². The molecule has 0 amide bonds. The highest BCUT2D eigenvalue weighted by molar-refractivity contribution is 4.89. The van der Waals surface area contributed by atoms with E-state index in [4.69, 9.17) is 0 Å². The van der Waals surface area contributed by atoms with Crippen LogP contribution in [0, 0.1) is 11.3 Å². The number of hydrogen-bond acceptors (Lipinski definition) is 3. The van der Waals surface area contributed by atoms with Crippen molar-refractivity contribution >= 4 is 0 Å². The normalized spacial score (nSPS) is 28.5. The van der Waals surface area contributed by atoms with Crippen LogP contribution in [-0.2, 0) is 0 Å². The van der Waals surface area contributed by atoms with Crippen molar-refractivity contribution in [3.8, 4) is 0 Å². The molecule has 108 valence electrons. The van der Waals surface area contributed by atoms with E-state index in [0.717, 1.165) is 26.2 Å².